The van der Waals surface area contributed by atoms with Crippen LogP contribution in [0.3, 0.4) is 0 Å². The predicted octanol–water partition coefficient (Wildman–Crippen LogP) is 1.95. The van der Waals surface area contributed by atoms with Gasteiger partial charge in [0.25, 0.3) is 0 Å². The number of nitrogens with two attached hydrogens (primary N) is 1. The highest BCUT2D eigenvalue weighted by atomic mass is 32.2. The minimum Gasteiger partial charge on any atom is -0.370 e. The van der Waals surface area contributed by atoms with Crippen LogP contribution in [-0.2, 0) is 0 Å². The van der Waals surface area contributed by atoms with Gasteiger partial charge in [-0.15, -0.1) is 0 Å². The summed E-state index contributed by atoms with van der Waals surface area (Å²) < 4.78 is 0.108. The highest BCUT2D eigenvalue weighted by Crippen LogP contribution is 2.20. The lowest BCUT2D eigenvalue weighted by Gasteiger charge is -2.19. The molecule has 5 heteroatoms. The molecule has 0 radical (unpaired) electrons. The fourth-order valence-electron chi connectivity index (χ4n) is 0.948. The molecule has 1 heterocycles. The Labute approximate surface area is 101 Å². The van der Waals surface area contributed by atoms with E-state index in [1.807, 2.05) is 18.2 Å². The zero-order valence-electron chi connectivity index (χ0n) is 9.90. The Bertz CT molecular complexity index is 348. The van der Waals surface area contributed by atoms with Gasteiger partial charge in [0.1, 0.15) is 5.82 Å². The summed E-state index contributed by atoms with van der Waals surface area (Å²) in [5.41, 5.74) is 5.76. The summed E-state index contributed by atoms with van der Waals surface area (Å²) in [5, 5.41) is 2.95. The standard InChI is InChI=1S/C11H18N4S/c1-11(2,16-3)8-14-10(12)15-9-6-4-5-7-13-9/h4-7H,8H2,1-3H3,(H3,12,13,14,15). The maximum absolute atomic E-state index is 5.76. The van der Waals surface area contributed by atoms with Gasteiger partial charge in [0.15, 0.2) is 5.96 Å². The van der Waals surface area contributed by atoms with Crippen LogP contribution in [0.1, 0.15) is 13.8 Å². The van der Waals surface area contributed by atoms with E-state index in [-0.39, 0.29) is 4.75 Å². The third-order valence-electron chi connectivity index (χ3n) is 2.10. The molecule has 0 aliphatic carbocycles. The molecule has 1 rings (SSSR count). The number of nitrogens with zero attached hydrogens (tertiary/aromatic N) is 2. The minimum atomic E-state index is 0.108. The fourth-order valence-corrected chi connectivity index (χ4v) is 1.14. The number of anilines is 1. The maximum atomic E-state index is 5.76. The van der Waals surface area contributed by atoms with E-state index in [4.69, 9.17) is 5.73 Å². The predicted molar refractivity (Wildman–Crippen MR) is 71.9 cm³/mol. The number of thioether (sulfide) groups is 1. The molecule has 16 heavy (non-hydrogen) atoms. The lowest BCUT2D eigenvalue weighted by molar-refractivity contribution is 0.726. The van der Waals surface area contributed by atoms with Crippen molar-refractivity contribution in [1.82, 2.24) is 4.98 Å². The van der Waals surface area contributed by atoms with Crippen LogP contribution < -0.4 is 11.1 Å². The van der Waals surface area contributed by atoms with Crippen molar-refractivity contribution < 1.29 is 0 Å². The third-order valence-corrected chi connectivity index (χ3v) is 3.34. The van der Waals surface area contributed by atoms with Crippen LogP contribution in [0.2, 0.25) is 0 Å². The van der Waals surface area contributed by atoms with E-state index < -0.39 is 0 Å². The average Bonchev–Trinajstić information content (AvgIpc) is 2.28. The Balaban J connectivity index is 2.53. The van der Waals surface area contributed by atoms with Crippen molar-refractivity contribution in [2.24, 2.45) is 10.7 Å². The first-order valence-electron chi connectivity index (χ1n) is 5.06. The molecule has 1 aromatic heterocycles. The van der Waals surface area contributed by atoms with Gasteiger partial charge in [0.2, 0.25) is 0 Å². The average molecular weight is 238 g/mol. The first-order valence-corrected chi connectivity index (χ1v) is 6.29. The number of hydrogen-bond donors (Lipinski definition) is 2. The van der Waals surface area contributed by atoms with E-state index in [0.717, 1.165) is 0 Å². The second kappa shape index (κ2) is 5.75. The summed E-state index contributed by atoms with van der Waals surface area (Å²) in [5.74, 6) is 1.12. The van der Waals surface area contributed by atoms with E-state index in [0.29, 0.717) is 18.3 Å². The molecule has 3 N–H and O–H groups in total. The van der Waals surface area contributed by atoms with Crippen molar-refractivity contribution in [3.05, 3.63) is 24.4 Å². The quantitative estimate of drug-likeness (QED) is 0.621. The summed E-state index contributed by atoms with van der Waals surface area (Å²) in [7, 11) is 0. The number of aliphatic imine (C=N–C) groups is 1. The molecule has 0 fully saturated rings. The second-order valence-electron chi connectivity index (χ2n) is 4.01. The van der Waals surface area contributed by atoms with Gasteiger partial charge in [0, 0.05) is 10.9 Å². The fraction of sp³-hybridized carbons (Fsp3) is 0.455. The van der Waals surface area contributed by atoms with Gasteiger partial charge in [-0.25, -0.2) is 4.98 Å². The van der Waals surface area contributed by atoms with E-state index in [9.17, 15) is 0 Å². The zero-order chi connectivity index (χ0) is 12.0. The van der Waals surface area contributed by atoms with Crippen LogP contribution in [0.5, 0.6) is 0 Å². The molecule has 0 aromatic carbocycles. The minimum absolute atomic E-state index is 0.108. The topological polar surface area (TPSA) is 63.3 Å². The van der Waals surface area contributed by atoms with Crippen molar-refractivity contribution >= 4 is 23.5 Å². The smallest absolute Gasteiger partial charge is 0.194 e. The van der Waals surface area contributed by atoms with Crippen molar-refractivity contribution in [2.45, 2.75) is 18.6 Å². The number of hydrogen-bond acceptors (Lipinski definition) is 3. The van der Waals surface area contributed by atoms with Crippen molar-refractivity contribution in [1.29, 1.82) is 0 Å². The Morgan fingerprint density at radius 1 is 1.56 bits per heavy atom. The summed E-state index contributed by atoms with van der Waals surface area (Å²) >= 11 is 1.77. The van der Waals surface area contributed by atoms with Crippen molar-refractivity contribution in [3.63, 3.8) is 0 Å². The maximum Gasteiger partial charge on any atom is 0.194 e. The van der Waals surface area contributed by atoms with Gasteiger partial charge in [-0.1, -0.05) is 6.07 Å². The summed E-state index contributed by atoms with van der Waals surface area (Å²) in [6, 6.07) is 5.60. The lowest BCUT2D eigenvalue weighted by Crippen LogP contribution is -2.27. The molecule has 0 spiro atoms. The summed E-state index contributed by atoms with van der Waals surface area (Å²) in [6.45, 7) is 4.95. The van der Waals surface area contributed by atoms with Gasteiger partial charge >= 0.3 is 0 Å². The van der Waals surface area contributed by atoms with E-state index in [1.165, 1.54) is 0 Å². The van der Waals surface area contributed by atoms with E-state index >= 15 is 0 Å². The summed E-state index contributed by atoms with van der Waals surface area (Å²) in [6.07, 6.45) is 3.78. The molecule has 0 unspecified atom stereocenters. The molecular formula is C11H18N4S. The molecule has 0 amide bonds. The van der Waals surface area contributed by atoms with E-state index in [2.05, 4.69) is 35.4 Å². The van der Waals surface area contributed by atoms with E-state index in [1.54, 1.807) is 18.0 Å². The number of nitrogens with one attached hydrogen (secondary N) is 1. The lowest BCUT2D eigenvalue weighted by atomic mass is 10.2. The second-order valence-corrected chi connectivity index (χ2v) is 5.52. The van der Waals surface area contributed by atoms with Gasteiger partial charge in [-0.05, 0) is 32.2 Å². The van der Waals surface area contributed by atoms with Gasteiger partial charge in [0.05, 0.1) is 6.54 Å². The van der Waals surface area contributed by atoms with Crippen LogP contribution in [0.15, 0.2) is 29.4 Å². The Hall–Kier alpha value is -1.23. The Morgan fingerprint density at radius 2 is 2.31 bits per heavy atom. The molecular weight excluding hydrogens is 220 g/mol. The van der Waals surface area contributed by atoms with Crippen LogP contribution in [0.4, 0.5) is 5.82 Å². The van der Waals surface area contributed by atoms with Gasteiger partial charge in [-0.2, -0.15) is 11.8 Å². The van der Waals surface area contributed by atoms with Crippen LogP contribution >= 0.6 is 11.8 Å². The molecule has 0 atom stereocenters. The molecule has 88 valence electrons. The van der Waals surface area contributed by atoms with Crippen LogP contribution in [0, 0.1) is 0 Å². The first kappa shape index (κ1) is 12.8. The molecule has 4 nitrogen and oxygen atoms in total. The molecule has 0 aliphatic rings. The normalized spacial score (nSPS) is 12.6. The third kappa shape index (κ3) is 4.53. The molecule has 0 saturated heterocycles. The summed E-state index contributed by atoms with van der Waals surface area (Å²) in [4.78, 5) is 8.39. The number of aromatic nitrogens is 1. The molecule has 0 aliphatic heterocycles. The van der Waals surface area contributed by atoms with Gasteiger partial charge < -0.3 is 11.1 Å². The Morgan fingerprint density at radius 3 is 2.88 bits per heavy atom. The van der Waals surface area contributed by atoms with Crippen molar-refractivity contribution in [3.8, 4) is 0 Å². The highest BCUT2D eigenvalue weighted by Gasteiger charge is 2.14. The van der Waals surface area contributed by atoms with Crippen molar-refractivity contribution in [2.75, 3.05) is 18.1 Å². The Kier molecular flexibility index (Phi) is 4.61. The van der Waals surface area contributed by atoms with Crippen LogP contribution in [-0.4, -0.2) is 28.5 Å². The first-order chi connectivity index (χ1) is 7.53. The SMILES string of the molecule is CSC(C)(C)CN=C(N)Nc1ccccn1. The molecule has 0 bridgehead atoms. The van der Waals surface area contributed by atoms with Crippen LogP contribution in [0.25, 0.3) is 0 Å². The number of rotatable bonds is 4. The highest BCUT2D eigenvalue weighted by molar-refractivity contribution is 7.99. The monoisotopic (exact) mass is 238 g/mol. The zero-order valence-corrected chi connectivity index (χ0v) is 10.7. The number of guanidine groups is 1. The number of pyridine rings is 1. The largest absolute Gasteiger partial charge is 0.370 e. The molecule has 0 saturated carbocycles. The molecule has 1 aromatic rings. The van der Waals surface area contributed by atoms with Gasteiger partial charge in [-0.3, -0.25) is 4.99 Å².